The summed E-state index contributed by atoms with van der Waals surface area (Å²) in [5, 5.41) is 4.55. The lowest BCUT2D eigenvalue weighted by molar-refractivity contribution is 0.196. The van der Waals surface area contributed by atoms with Crippen molar-refractivity contribution < 1.29 is 4.74 Å². The summed E-state index contributed by atoms with van der Waals surface area (Å²) in [5.74, 6) is 0.886. The summed E-state index contributed by atoms with van der Waals surface area (Å²) in [6.07, 6.45) is 2.32. The Labute approximate surface area is 121 Å². The van der Waals surface area contributed by atoms with Gasteiger partial charge >= 0.3 is 0 Å². The van der Waals surface area contributed by atoms with Gasteiger partial charge in [0.2, 0.25) is 0 Å². The maximum absolute atomic E-state index is 6.15. The fourth-order valence-electron chi connectivity index (χ4n) is 2.20. The van der Waals surface area contributed by atoms with Gasteiger partial charge in [-0.05, 0) is 38.4 Å². The molecule has 0 aliphatic rings. The third kappa shape index (κ3) is 3.70. The van der Waals surface area contributed by atoms with Crippen molar-refractivity contribution >= 4 is 10.9 Å². The molecule has 108 valence electrons. The molecule has 2 aromatic rings. The number of rotatable bonds is 7. The van der Waals surface area contributed by atoms with Crippen molar-refractivity contribution in [2.45, 2.75) is 39.7 Å². The molecule has 1 aromatic heterocycles. The van der Waals surface area contributed by atoms with E-state index < -0.39 is 0 Å². The topological polar surface area (TPSA) is 34.1 Å². The summed E-state index contributed by atoms with van der Waals surface area (Å²) >= 11 is 0. The Morgan fingerprint density at radius 2 is 2.05 bits per heavy atom. The molecule has 0 radical (unpaired) electrons. The van der Waals surface area contributed by atoms with Gasteiger partial charge in [0.1, 0.15) is 17.4 Å². The first-order valence-corrected chi connectivity index (χ1v) is 7.48. The Bertz CT molecular complexity index is 554. The van der Waals surface area contributed by atoms with Crippen LogP contribution in [0, 0.1) is 6.92 Å². The van der Waals surface area contributed by atoms with Crippen molar-refractivity contribution in [1.29, 1.82) is 0 Å². The van der Waals surface area contributed by atoms with Gasteiger partial charge < -0.3 is 10.1 Å². The van der Waals surface area contributed by atoms with E-state index in [4.69, 9.17) is 4.74 Å². The van der Waals surface area contributed by atoms with Crippen LogP contribution in [0.25, 0.3) is 10.9 Å². The van der Waals surface area contributed by atoms with E-state index in [2.05, 4.69) is 36.3 Å². The lowest BCUT2D eigenvalue weighted by Crippen LogP contribution is -2.31. The van der Waals surface area contributed by atoms with Crippen molar-refractivity contribution in [2.24, 2.45) is 0 Å². The quantitative estimate of drug-likeness (QED) is 0.780. The number of para-hydroxylation sites is 1. The van der Waals surface area contributed by atoms with Crippen LogP contribution in [0.3, 0.4) is 0 Å². The average molecular weight is 272 g/mol. The molecule has 0 saturated heterocycles. The molecule has 20 heavy (non-hydrogen) atoms. The van der Waals surface area contributed by atoms with Gasteiger partial charge in [0.05, 0.1) is 0 Å². The third-order valence-electron chi connectivity index (χ3n) is 3.37. The number of hydrogen-bond donors (Lipinski definition) is 1. The number of hydrogen-bond acceptors (Lipinski definition) is 3. The van der Waals surface area contributed by atoms with Crippen LogP contribution in [0.15, 0.2) is 30.3 Å². The zero-order chi connectivity index (χ0) is 14.4. The molecular formula is C17H24N2O. The number of nitrogens with one attached hydrogen (secondary N) is 1. The van der Waals surface area contributed by atoms with Gasteiger partial charge in [-0.2, -0.15) is 0 Å². The lowest BCUT2D eigenvalue weighted by atomic mass is 10.2. The van der Waals surface area contributed by atoms with Crippen LogP contribution in [0.1, 0.15) is 32.4 Å². The van der Waals surface area contributed by atoms with Gasteiger partial charge in [-0.25, -0.2) is 4.98 Å². The molecule has 0 saturated carbocycles. The molecule has 0 aliphatic carbocycles. The smallest absolute Gasteiger partial charge is 0.146 e. The molecule has 1 aromatic carbocycles. The predicted octanol–water partition coefficient (Wildman–Crippen LogP) is 3.70. The zero-order valence-corrected chi connectivity index (χ0v) is 12.6. The van der Waals surface area contributed by atoms with Gasteiger partial charge in [0.15, 0.2) is 0 Å². The van der Waals surface area contributed by atoms with E-state index >= 15 is 0 Å². The highest BCUT2D eigenvalue weighted by atomic mass is 16.5. The fourth-order valence-corrected chi connectivity index (χ4v) is 2.20. The minimum Gasteiger partial charge on any atom is -0.487 e. The Morgan fingerprint density at radius 1 is 1.20 bits per heavy atom. The summed E-state index contributed by atoms with van der Waals surface area (Å²) in [6.45, 7) is 8.25. The summed E-state index contributed by atoms with van der Waals surface area (Å²) in [4.78, 5) is 4.61. The number of pyridine rings is 1. The summed E-state index contributed by atoms with van der Waals surface area (Å²) in [5.41, 5.74) is 1.98. The monoisotopic (exact) mass is 272 g/mol. The highest BCUT2D eigenvalue weighted by molar-refractivity contribution is 5.84. The standard InChI is InChI=1S/C17H24N2O/c1-4-11-18-12-15(5-2)20-16-8-6-7-14-10-9-13(3)19-17(14)16/h6-10,15,18H,4-5,11-12H2,1-3H3. The number of nitrogens with zero attached hydrogens (tertiary/aromatic N) is 1. The zero-order valence-electron chi connectivity index (χ0n) is 12.6. The molecule has 0 amide bonds. The van der Waals surface area contributed by atoms with Gasteiger partial charge in [-0.1, -0.05) is 32.0 Å². The van der Waals surface area contributed by atoms with E-state index in [1.54, 1.807) is 0 Å². The van der Waals surface area contributed by atoms with E-state index in [0.717, 1.165) is 48.3 Å². The van der Waals surface area contributed by atoms with Crippen molar-refractivity contribution in [3.63, 3.8) is 0 Å². The molecule has 1 atom stereocenters. The molecular weight excluding hydrogens is 248 g/mol. The molecule has 0 aliphatic heterocycles. The minimum absolute atomic E-state index is 0.189. The van der Waals surface area contributed by atoms with Crippen molar-refractivity contribution in [3.8, 4) is 5.75 Å². The molecule has 0 fully saturated rings. The molecule has 3 heteroatoms. The van der Waals surface area contributed by atoms with Gasteiger partial charge in [-0.15, -0.1) is 0 Å². The number of aryl methyl sites for hydroxylation is 1. The van der Waals surface area contributed by atoms with Crippen LogP contribution in [0.2, 0.25) is 0 Å². The molecule has 1 heterocycles. The summed E-state index contributed by atoms with van der Waals surface area (Å²) in [7, 11) is 0. The Kier molecular flexibility index (Phi) is 5.36. The minimum atomic E-state index is 0.189. The average Bonchev–Trinajstić information content (AvgIpc) is 2.47. The van der Waals surface area contributed by atoms with Crippen LogP contribution in [0.5, 0.6) is 5.75 Å². The molecule has 0 spiro atoms. The Balaban J connectivity index is 2.17. The first-order valence-electron chi connectivity index (χ1n) is 7.48. The highest BCUT2D eigenvalue weighted by Gasteiger charge is 2.10. The first-order chi connectivity index (χ1) is 9.74. The molecule has 1 N–H and O–H groups in total. The van der Waals surface area contributed by atoms with Gasteiger partial charge in [0, 0.05) is 17.6 Å². The number of fused-ring (bicyclic) bond motifs is 1. The fraction of sp³-hybridized carbons (Fsp3) is 0.471. The Morgan fingerprint density at radius 3 is 2.80 bits per heavy atom. The van der Waals surface area contributed by atoms with Gasteiger partial charge in [0.25, 0.3) is 0 Å². The van der Waals surface area contributed by atoms with E-state index in [0.29, 0.717) is 0 Å². The highest BCUT2D eigenvalue weighted by Crippen LogP contribution is 2.25. The maximum Gasteiger partial charge on any atom is 0.146 e. The normalized spacial score (nSPS) is 12.6. The van der Waals surface area contributed by atoms with Crippen molar-refractivity contribution in [1.82, 2.24) is 10.3 Å². The van der Waals surface area contributed by atoms with E-state index in [1.807, 2.05) is 25.1 Å². The third-order valence-corrected chi connectivity index (χ3v) is 3.37. The van der Waals surface area contributed by atoms with E-state index in [-0.39, 0.29) is 6.10 Å². The second kappa shape index (κ2) is 7.25. The molecule has 3 nitrogen and oxygen atoms in total. The van der Waals surface area contributed by atoms with Crippen molar-refractivity contribution in [2.75, 3.05) is 13.1 Å². The lowest BCUT2D eigenvalue weighted by Gasteiger charge is -2.19. The van der Waals surface area contributed by atoms with Crippen LogP contribution >= 0.6 is 0 Å². The summed E-state index contributed by atoms with van der Waals surface area (Å²) in [6, 6.07) is 10.2. The molecule has 1 unspecified atom stereocenters. The largest absolute Gasteiger partial charge is 0.487 e. The van der Waals surface area contributed by atoms with Crippen molar-refractivity contribution in [3.05, 3.63) is 36.0 Å². The molecule has 2 rings (SSSR count). The predicted molar refractivity (Wildman–Crippen MR) is 84.3 cm³/mol. The number of aromatic nitrogens is 1. The number of ether oxygens (including phenoxy) is 1. The first kappa shape index (κ1) is 14.8. The Hall–Kier alpha value is -1.61. The second-order valence-electron chi connectivity index (χ2n) is 5.13. The van der Waals surface area contributed by atoms with Gasteiger partial charge in [-0.3, -0.25) is 0 Å². The van der Waals surface area contributed by atoms with E-state index in [9.17, 15) is 0 Å². The number of benzene rings is 1. The van der Waals surface area contributed by atoms with Crippen LogP contribution in [0.4, 0.5) is 0 Å². The van der Waals surface area contributed by atoms with E-state index in [1.165, 1.54) is 0 Å². The van der Waals surface area contributed by atoms with Crippen LogP contribution in [-0.2, 0) is 0 Å². The maximum atomic E-state index is 6.15. The second-order valence-corrected chi connectivity index (χ2v) is 5.13. The van der Waals surface area contributed by atoms with Crippen LogP contribution < -0.4 is 10.1 Å². The summed E-state index contributed by atoms with van der Waals surface area (Å²) < 4.78 is 6.15. The van der Waals surface area contributed by atoms with Crippen LogP contribution in [-0.4, -0.2) is 24.2 Å². The SMILES string of the molecule is CCCNCC(CC)Oc1cccc2ccc(C)nc12. The molecule has 0 bridgehead atoms.